The van der Waals surface area contributed by atoms with Crippen LogP contribution in [-0.2, 0) is 10.0 Å². The zero-order valence-electron chi connectivity index (χ0n) is 13.7. The molecule has 23 heavy (non-hydrogen) atoms. The van der Waals surface area contributed by atoms with E-state index in [1.165, 1.54) is 19.3 Å². The Kier molecular flexibility index (Phi) is 3.28. The first kappa shape index (κ1) is 15.9. The number of hydrogen-bond donors (Lipinski definition) is 1. The van der Waals surface area contributed by atoms with E-state index in [1.54, 1.807) is 24.3 Å². The molecule has 2 unspecified atom stereocenters. The number of sulfonamides is 1. The summed E-state index contributed by atoms with van der Waals surface area (Å²) in [7, 11) is -3.50. The molecule has 5 heteroatoms. The van der Waals surface area contributed by atoms with E-state index >= 15 is 0 Å². The summed E-state index contributed by atoms with van der Waals surface area (Å²) in [6.07, 6.45) is 6.68. The van der Waals surface area contributed by atoms with Crippen molar-refractivity contribution in [1.29, 1.82) is 0 Å². The number of nitrogens with one attached hydrogen (secondary N) is 1. The van der Waals surface area contributed by atoms with E-state index in [0.717, 1.165) is 19.3 Å². The SMILES string of the molecule is CC12CC3CC(C)(C1)CC(NS(=O)(=O)c1ccc(Cl)cc1)(C3)C2. The molecule has 4 aliphatic rings. The van der Waals surface area contributed by atoms with E-state index in [9.17, 15) is 8.42 Å². The minimum atomic E-state index is -3.50. The van der Waals surface area contributed by atoms with Gasteiger partial charge in [0.05, 0.1) is 4.90 Å². The van der Waals surface area contributed by atoms with Crippen LogP contribution in [0.15, 0.2) is 29.2 Å². The normalized spacial score (nSPS) is 42.1. The van der Waals surface area contributed by atoms with Crippen molar-refractivity contribution in [3.8, 4) is 0 Å². The summed E-state index contributed by atoms with van der Waals surface area (Å²) in [6, 6.07) is 6.46. The highest BCUT2D eigenvalue weighted by Gasteiger charge is 2.61. The molecule has 4 fully saturated rings. The number of rotatable bonds is 3. The van der Waals surface area contributed by atoms with Crippen LogP contribution in [0.25, 0.3) is 0 Å². The van der Waals surface area contributed by atoms with Gasteiger partial charge in [-0.05, 0) is 79.5 Å². The summed E-state index contributed by atoms with van der Waals surface area (Å²) in [5.74, 6) is 0.661. The maximum Gasteiger partial charge on any atom is 0.241 e. The third-order valence-corrected chi connectivity index (χ3v) is 7.95. The maximum atomic E-state index is 12.9. The molecule has 0 aromatic heterocycles. The van der Waals surface area contributed by atoms with Crippen molar-refractivity contribution in [1.82, 2.24) is 4.72 Å². The summed E-state index contributed by atoms with van der Waals surface area (Å²) in [5, 5.41) is 0.554. The molecule has 0 heterocycles. The van der Waals surface area contributed by atoms with Gasteiger partial charge in [-0.25, -0.2) is 13.1 Å². The Morgan fingerprint density at radius 3 is 2.09 bits per heavy atom. The highest BCUT2D eigenvalue weighted by atomic mass is 35.5. The molecule has 5 rings (SSSR count). The van der Waals surface area contributed by atoms with Crippen molar-refractivity contribution in [2.45, 2.75) is 62.8 Å². The van der Waals surface area contributed by atoms with E-state index in [-0.39, 0.29) is 16.4 Å². The van der Waals surface area contributed by atoms with Crippen LogP contribution in [-0.4, -0.2) is 14.0 Å². The van der Waals surface area contributed by atoms with Crippen LogP contribution in [0.4, 0.5) is 0 Å². The minimum Gasteiger partial charge on any atom is -0.207 e. The Hall–Kier alpha value is -0.580. The summed E-state index contributed by atoms with van der Waals surface area (Å²) in [6.45, 7) is 4.70. The minimum absolute atomic E-state index is 0.263. The number of benzene rings is 1. The van der Waals surface area contributed by atoms with E-state index < -0.39 is 10.0 Å². The molecule has 0 radical (unpaired) electrons. The van der Waals surface area contributed by atoms with Gasteiger partial charge in [0.25, 0.3) is 0 Å². The Morgan fingerprint density at radius 1 is 1.00 bits per heavy atom. The quantitative estimate of drug-likeness (QED) is 0.877. The molecule has 3 nitrogen and oxygen atoms in total. The predicted octanol–water partition coefficient (Wildman–Crippen LogP) is 4.37. The fraction of sp³-hybridized carbons (Fsp3) is 0.667. The van der Waals surface area contributed by atoms with E-state index in [1.807, 2.05) is 0 Å². The Morgan fingerprint density at radius 2 is 1.57 bits per heavy atom. The van der Waals surface area contributed by atoms with Gasteiger partial charge in [0, 0.05) is 10.6 Å². The van der Waals surface area contributed by atoms with E-state index in [0.29, 0.717) is 15.8 Å². The van der Waals surface area contributed by atoms with E-state index in [2.05, 4.69) is 18.6 Å². The lowest BCUT2D eigenvalue weighted by Crippen LogP contribution is -2.65. The van der Waals surface area contributed by atoms with Gasteiger partial charge in [0.2, 0.25) is 10.0 Å². The standard InChI is InChI=1S/C18H24ClNO2S/c1-16-7-13-8-17(2,10-16)12-18(9-13,11-16)20-23(21,22)15-5-3-14(19)4-6-15/h3-6,13,20H,7-12H2,1-2H3. The molecule has 1 aromatic carbocycles. The van der Waals surface area contributed by atoms with Crippen LogP contribution in [0.3, 0.4) is 0 Å². The predicted molar refractivity (Wildman–Crippen MR) is 91.9 cm³/mol. The summed E-state index contributed by atoms with van der Waals surface area (Å²) < 4.78 is 28.9. The second-order valence-electron chi connectivity index (χ2n) is 8.97. The van der Waals surface area contributed by atoms with Gasteiger partial charge < -0.3 is 0 Å². The second kappa shape index (κ2) is 4.74. The first-order valence-corrected chi connectivity index (χ1v) is 10.3. The van der Waals surface area contributed by atoms with Gasteiger partial charge >= 0.3 is 0 Å². The first-order chi connectivity index (χ1) is 10.6. The van der Waals surface area contributed by atoms with Gasteiger partial charge in [0.15, 0.2) is 0 Å². The zero-order chi connectivity index (χ0) is 16.5. The summed E-state index contributed by atoms with van der Waals surface area (Å²) in [4.78, 5) is 0.313. The first-order valence-electron chi connectivity index (χ1n) is 8.41. The average molecular weight is 354 g/mol. The molecule has 4 saturated carbocycles. The van der Waals surface area contributed by atoms with Crippen LogP contribution < -0.4 is 4.72 Å². The van der Waals surface area contributed by atoms with E-state index in [4.69, 9.17) is 11.6 Å². The molecule has 0 saturated heterocycles. The number of hydrogen-bond acceptors (Lipinski definition) is 2. The fourth-order valence-corrected chi connectivity index (χ4v) is 8.06. The largest absolute Gasteiger partial charge is 0.241 e. The molecule has 2 atom stereocenters. The van der Waals surface area contributed by atoms with Crippen molar-refractivity contribution in [2.75, 3.05) is 0 Å². The highest BCUT2D eigenvalue weighted by molar-refractivity contribution is 7.89. The summed E-state index contributed by atoms with van der Waals surface area (Å²) in [5.41, 5.74) is 0.314. The van der Waals surface area contributed by atoms with Crippen molar-refractivity contribution in [2.24, 2.45) is 16.7 Å². The smallest absolute Gasteiger partial charge is 0.207 e. The second-order valence-corrected chi connectivity index (χ2v) is 11.1. The van der Waals surface area contributed by atoms with Gasteiger partial charge in [-0.3, -0.25) is 0 Å². The molecule has 1 aromatic rings. The lowest BCUT2D eigenvalue weighted by Gasteiger charge is -2.65. The molecule has 0 aliphatic heterocycles. The van der Waals surface area contributed by atoms with Crippen LogP contribution in [0.2, 0.25) is 5.02 Å². The van der Waals surface area contributed by atoms with Crippen molar-refractivity contribution >= 4 is 21.6 Å². The van der Waals surface area contributed by atoms with Crippen LogP contribution in [0, 0.1) is 16.7 Å². The van der Waals surface area contributed by atoms with Crippen molar-refractivity contribution < 1.29 is 8.42 Å². The number of halogens is 1. The van der Waals surface area contributed by atoms with Gasteiger partial charge in [-0.15, -0.1) is 0 Å². The van der Waals surface area contributed by atoms with Gasteiger partial charge in [-0.2, -0.15) is 0 Å². The highest BCUT2D eigenvalue weighted by Crippen LogP contribution is 2.66. The average Bonchev–Trinajstić information content (AvgIpc) is 2.33. The molecular weight excluding hydrogens is 330 g/mol. The topological polar surface area (TPSA) is 46.2 Å². The molecular formula is C18H24ClNO2S. The Labute approximate surface area is 143 Å². The lowest BCUT2D eigenvalue weighted by molar-refractivity contribution is -0.110. The monoisotopic (exact) mass is 353 g/mol. The van der Waals surface area contributed by atoms with Crippen molar-refractivity contribution in [3.63, 3.8) is 0 Å². The summed E-state index contributed by atoms with van der Waals surface area (Å²) >= 11 is 5.88. The van der Waals surface area contributed by atoms with Crippen LogP contribution >= 0.6 is 11.6 Å². The Bertz CT molecular complexity index is 725. The molecule has 1 N–H and O–H groups in total. The molecule has 4 bridgehead atoms. The van der Waals surface area contributed by atoms with Crippen LogP contribution in [0.1, 0.15) is 52.4 Å². The van der Waals surface area contributed by atoms with Gasteiger partial charge in [-0.1, -0.05) is 25.4 Å². The third kappa shape index (κ3) is 2.73. The van der Waals surface area contributed by atoms with Crippen LogP contribution in [0.5, 0.6) is 0 Å². The van der Waals surface area contributed by atoms with Gasteiger partial charge in [0.1, 0.15) is 0 Å². The molecule has 126 valence electrons. The fourth-order valence-electron chi connectivity index (χ4n) is 6.52. The third-order valence-electron chi connectivity index (χ3n) is 6.10. The molecule has 4 aliphatic carbocycles. The zero-order valence-corrected chi connectivity index (χ0v) is 15.3. The lowest BCUT2D eigenvalue weighted by atomic mass is 9.43. The Balaban J connectivity index is 1.67. The molecule has 0 spiro atoms. The van der Waals surface area contributed by atoms with Crippen molar-refractivity contribution in [3.05, 3.63) is 29.3 Å². The maximum absolute atomic E-state index is 12.9. The molecule has 0 amide bonds.